The first kappa shape index (κ1) is 29.5. The summed E-state index contributed by atoms with van der Waals surface area (Å²) in [5.41, 5.74) is 12.0. The summed E-state index contributed by atoms with van der Waals surface area (Å²) in [7, 11) is 0. The van der Waals surface area contributed by atoms with Crippen LogP contribution in [-0.2, 0) is 0 Å². The fourth-order valence-corrected chi connectivity index (χ4v) is 8.77. The molecule has 51 heavy (non-hydrogen) atoms. The van der Waals surface area contributed by atoms with E-state index in [1.807, 2.05) is 17.4 Å². The highest BCUT2D eigenvalue weighted by Gasteiger charge is 2.27. The minimum Gasteiger partial charge on any atom is -0.454 e. The fourth-order valence-electron chi connectivity index (χ4n) is 7.51. The maximum absolute atomic E-state index is 6.90. The van der Waals surface area contributed by atoms with E-state index in [1.54, 1.807) is 0 Å². The number of thiophene rings is 1. The van der Waals surface area contributed by atoms with Gasteiger partial charge in [0.25, 0.3) is 0 Å². The number of anilines is 3. The number of para-hydroxylation sites is 1. The maximum Gasteiger partial charge on any atom is 0.160 e. The SMILES string of the molecule is c1ccc(-c2ccc(N(c3c(-c4ccccc4)ccc4c3oc3ccccc34)c3ccc(-c4ccccc4)c4sc5ccccc5c34)cc2)cc1. The van der Waals surface area contributed by atoms with Crippen LogP contribution >= 0.6 is 11.3 Å². The Kier molecular flexibility index (Phi) is 7.04. The second-order valence-electron chi connectivity index (χ2n) is 12.9. The molecule has 0 aliphatic heterocycles. The largest absolute Gasteiger partial charge is 0.454 e. The molecule has 0 fully saturated rings. The molecule has 0 radical (unpaired) electrons. The molecule has 0 spiro atoms. The van der Waals surface area contributed by atoms with Gasteiger partial charge in [-0.1, -0.05) is 152 Å². The molecule has 8 aromatic carbocycles. The van der Waals surface area contributed by atoms with Crippen molar-refractivity contribution in [2.75, 3.05) is 4.90 Å². The third kappa shape index (κ3) is 4.93. The Bertz CT molecular complexity index is 2840. The van der Waals surface area contributed by atoms with Crippen molar-refractivity contribution in [3.8, 4) is 33.4 Å². The van der Waals surface area contributed by atoms with E-state index in [9.17, 15) is 0 Å². The molecule has 0 bridgehead atoms. The lowest BCUT2D eigenvalue weighted by atomic mass is 9.97. The third-order valence-electron chi connectivity index (χ3n) is 9.89. The molecule has 0 amide bonds. The Balaban J connectivity index is 1.33. The number of benzene rings is 8. The van der Waals surface area contributed by atoms with Gasteiger partial charge < -0.3 is 9.32 Å². The summed E-state index contributed by atoms with van der Waals surface area (Å²) in [6, 6.07) is 67.3. The van der Waals surface area contributed by atoms with Crippen LogP contribution in [-0.4, -0.2) is 0 Å². The first-order valence-corrected chi connectivity index (χ1v) is 18.1. The zero-order valence-corrected chi connectivity index (χ0v) is 28.5. The summed E-state index contributed by atoms with van der Waals surface area (Å²) in [6.45, 7) is 0. The first-order valence-electron chi connectivity index (χ1n) is 17.3. The normalized spacial score (nSPS) is 11.5. The molecule has 0 aliphatic rings. The van der Waals surface area contributed by atoms with E-state index in [2.05, 4.69) is 187 Å². The number of rotatable bonds is 6. The van der Waals surface area contributed by atoms with Crippen molar-refractivity contribution < 1.29 is 4.42 Å². The van der Waals surface area contributed by atoms with E-state index in [1.165, 1.54) is 42.4 Å². The smallest absolute Gasteiger partial charge is 0.160 e. The van der Waals surface area contributed by atoms with Crippen molar-refractivity contribution in [1.82, 2.24) is 0 Å². The van der Waals surface area contributed by atoms with Gasteiger partial charge in [0, 0.05) is 42.2 Å². The highest BCUT2D eigenvalue weighted by molar-refractivity contribution is 7.26. The lowest BCUT2D eigenvalue weighted by Gasteiger charge is -2.29. The van der Waals surface area contributed by atoms with E-state index in [-0.39, 0.29) is 0 Å². The maximum atomic E-state index is 6.90. The van der Waals surface area contributed by atoms with Gasteiger partial charge in [-0.15, -0.1) is 11.3 Å². The molecule has 0 N–H and O–H groups in total. The molecular formula is C48H31NOS. The number of fused-ring (bicyclic) bond motifs is 6. The van der Waals surface area contributed by atoms with Gasteiger partial charge in [0.05, 0.1) is 11.4 Å². The molecule has 2 nitrogen and oxygen atoms in total. The number of hydrogen-bond acceptors (Lipinski definition) is 3. The van der Waals surface area contributed by atoms with Crippen LogP contribution in [0.4, 0.5) is 17.1 Å². The first-order chi connectivity index (χ1) is 25.3. The van der Waals surface area contributed by atoms with E-state index in [0.717, 1.165) is 50.1 Å². The average Bonchev–Trinajstić information content (AvgIpc) is 3.79. The van der Waals surface area contributed by atoms with Crippen molar-refractivity contribution in [2.24, 2.45) is 0 Å². The van der Waals surface area contributed by atoms with E-state index < -0.39 is 0 Å². The molecule has 0 unspecified atom stereocenters. The summed E-state index contributed by atoms with van der Waals surface area (Å²) < 4.78 is 9.43. The fraction of sp³-hybridized carbons (Fsp3) is 0. The van der Waals surface area contributed by atoms with Gasteiger partial charge >= 0.3 is 0 Å². The van der Waals surface area contributed by atoms with Crippen molar-refractivity contribution in [3.63, 3.8) is 0 Å². The average molecular weight is 670 g/mol. The van der Waals surface area contributed by atoms with E-state index in [0.29, 0.717) is 0 Å². The van der Waals surface area contributed by atoms with Gasteiger partial charge in [-0.05, 0) is 64.2 Å². The van der Waals surface area contributed by atoms with Crippen molar-refractivity contribution >= 4 is 70.5 Å². The minimum atomic E-state index is 0.865. The highest BCUT2D eigenvalue weighted by Crippen LogP contribution is 2.52. The van der Waals surface area contributed by atoms with Gasteiger partial charge in [0.15, 0.2) is 5.58 Å². The Hall–Kier alpha value is -6.42. The van der Waals surface area contributed by atoms with Gasteiger partial charge in [0.2, 0.25) is 0 Å². The van der Waals surface area contributed by atoms with Crippen LogP contribution in [0.15, 0.2) is 192 Å². The van der Waals surface area contributed by atoms with Crippen LogP contribution in [0, 0.1) is 0 Å². The van der Waals surface area contributed by atoms with Crippen LogP contribution in [0.2, 0.25) is 0 Å². The predicted octanol–water partition coefficient (Wildman–Crippen LogP) is 14.4. The highest BCUT2D eigenvalue weighted by atomic mass is 32.1. The summed E-state index contributed by atoms with van der Waals surface area (Å²) in [5, 5.41) is 4.68. The Morgan fingerprint density at radius 3 is 1.71 bits per heavy atom. The Morgan fingerprint density at radius 1 is 0.412 bits per heavy atom. The zero-order chi connectivity index (χ0) is 33.7. The van der Waals surface area contributed by atoms with Gasteiger partial charge in [-0.25, -0.2) is 0 Å². The lowest BCUT2D eigenvalue weighted by molar-refractivity contribution is 0.669. The second kappa shape index (κ2) is 12.2. The second-order valence-corrected chi connectivity index (χ2v) is 13.9. The van der Waals surface area contributed by atoms with Crippen LogP contribution in [0.25, 0.3) is 75.5 Å². The molecule has 0 saturated carbocycles. The zero-order valence-electron chi connectivity index (χ0n) is 27.7. The molecule has 2 heterocycles. The topological polar surface area (TPSA) is 16.4 Å². The number of furan rings is 1. The molecule has 3 heteroatoms. The minimum absolute atomic E-state index is 0.865. The van der Waals surface area contributed by atoms with Crippen LogP contribution in [0.1, 0.15) is 0 Å². The third-order valence-corrected chi connectivity index (χ3v) is 11.1. The quantitative estimate of drug-likeness (QED) is 0.175. The summed E-state index contributed by atoms with van der Waals surface area (Å²) in [6.07, 6.45) is 0. The summed E-state index contributed by atoms with van der Waals surface area (Å²) in [5.74, 6) is 0. The van der Waals surface area contributed by atoms with Gasteiger partial charge in [-0.3, -0.25) is 0 Å². The monoisotopic (exact) mass is 669 g/mol. The number of nitrogens with zero attached hydrogens (tertiary/aromatic N) is 1. The molecule has 10 aromatic rings. The van der Waals surface area contributed by atoms with E-state index in [4.69, 9.17) is 4.42 Å². The van der Waals surface area contributed by atoms with Crippen LogP contribution in [0.3, 0.4) is 0 Å². The summed E-state index contributed by atoms with van der Waals surface area (Å²) in [4.78, 5) is 2.44. The van der Waals surface area contributed by atoms with Crippen LogP contribution in [0.5, 0.6) is 0 Å². The Morgan fingerprint density at radius 2 is 0.980 bits per heavy atom. The molecule has 0 aliphatic carbocycles. The van der Waals surface area contributed by atoms with Crippen LogP contribution < -0.4 is 4.90 Å². The molecule has 2 aromatic heterocycles. The number of hydrogen-bond donors (Lipinski definition) is 0. The van der Waals surface area contributed by atoms with Crippen molar-refractivity contribution in [1.29, 1.82) is 0 Å². The van der Waals surface area contributed by atoms with Crippen molar-refractivity contribution in [3.05, 3.63) is 188 Å². The standard InChI is InChI=1S/C48H31NOS/c1-4-14-32(15-5-1)33-24-26-36(27-25-33)49(42-31-30-38(35-18-8-3-9-19-35)48-45(42)41-21-11-13-23-44(41)51-48)46-37(34-16-6-2-7-17-34)28-29-40-39-20-10-12-22-43(39)50-47(40)46/h1-31H. The predicted molar refractivity (Wildman–Crippen MR) is 218 cm³/mol. The van der Waals surface area contributed by atoms with Gasteiger partial charge in [-0.2, -0.15) is 0 Å². The van der Waals surface area contributed by atoms with Crippen molar-refractivity contribution in [2.45, 2.75) is 0 Å². The van der Waals surface area contributed by atoms with Gasteiger partial charge in [0.1, 0.15) is 5.58 Å². The molecular weight excluding hydrogens is 639 g/mol. The Labute approximate surface area is 300 Å². The lowest BCUT2D eigenvalue weighted by Crippen LogP contribution is -2.12. The van der Waals surface area contributed by atoms with E-state index >= 15 is 0 Å². The summed E-state index contributed by atoms with van der Waals surface area (Å²) >= 11 is 1.86. The molecule has 0 atom stereocenters. The molecule has 0 saturated heterocycles. The molecule has 240 valence electrons. The molecule has 10 rings (SSSR count).